The minimum atomic E-state index is -4.15. The van der Waals surface area contributed by atoms with E-state index in [4.69, 9.17) is 11.6 Å². The topological polar surface area (TPSA) is 107 Å². The smallest absolute Gasteiger partial charge is 0.261 e. The number of nitrogens with one attached hydrogen (secondary N) is 1. The summed E-state index contributed by atoms with van der Waals surface area (Å²) in [6.45, 7) is 6.03. The Morgan fingerprint density at radius 1 is 0.871 bits per heavy atom. The molecule has 164 valence electrons. The second kappa shape index (κ2) is 8.14. The van der Waals surface area contributed by atoms with Gasteiger partial charge in [0.2, 0.25) is 9.84 Å². The highest BCUT2D eigenvalue weighted by molar-refractivity contribution is 7.93. The van der Waals surface area contributed by atoms with Crippen LogP contribution >= 0.6 is 11.6 Å². The van der Waals surface area contributed by atoms with Gasteiger partial charge >= 0.3 is 0 Å². The van der Waals surface area contributed by atoms with Crippen molar-refractivity contribution in [1.29, 1.82) is 0 Å². The lowest BCUT2D eigenvalue weighted by molar-refractivity contribution is -0.605. The van der Waals surface area contributed by atoms with Crippen molar-refractivity contribution >= 4 is 37.1 Å². The first-order chi connectivity index (χ1) is 14.3. The van der Waals surface area contributed by atoms with Crippen molar-refractivity contribution in [1.82, 2.24) is 0 Å². The van der Waals surface area contributed by atoms with Crippen molar-refractivity contribution in [2.75, 3.05) is 4.72 Å². The molecule has 1 N–H and O–H groups in total. The molecule has 0 aliphatic rings. The van der Waals surface area contributed by atoms with Gasteiger partial charge in [0.05, 0.1) is 20.4 Å². The average molecular weight is 481 g/mol. The molecule has 3 aromatic rings. The van der Waals surface area contributed by atoms with Crippen molar-refractivity contribution in [2.45, 2.75) is 40.9 Å². The van der Waals surface area contributed by atoms with E-state index in [1.807, 2.05) is 20.8 Å². The third-order valence-electron chi connectivity index (χ3n) is 4.59. The Kier molecular flexibility index (Phi) is 6.05. The van der Waals surface area contributed by atoms with Crippen LogP contribution in [0.2, 0.25) is 5.02 Å². The van der Waals surface area contributed by atoms with Gasteiger partial charge < -0.3 is 5.21 Å². The standard InChI is InChI=1S/C21H21ClN2O5S2/c1-21(2,3)15-4-7-18(8-5-15)31(28,29)23-19-9-6-16(22)14-20(19)30(26,27)17-10-12-24(25)13-11-17/h4-14,23H,1-3H3. The lowest BCUT2D eigenvalue weighted by Crippen LogP contribution is -2.24. The molecule has 7 nitrogen and oxygen atoms in total. The van der Waals surface area contributed by atoms with Gasteiger partial charge in [0, 0.05) is 17.2 Å². The van der Waals surface area contributed by atoms with Crippen LogP contribution in [0.25, 0.3) is 0 Å². The zero-order valence-corrected chi connectivity index (χ0v) is 19.4. The molecule has 0 unspecified atom stereocenters. The lowest BCUT2D eigenvalue weighted by atomic mass is 9.87. The molecule has 31 heavy (non-hydrogen) atoms. The molecular formula is C21H21ClN2O5S2. The summed E-state index contributed by atoms with van der Waals surface area (Å²) in [5, 5.41) is 11.4. The summed E-state index contributed by atoms with van der Waals surface area (Å²) in [6.07, 6.45) is 2.08. The molecule has 0 atom stereocenters. The number of sulfonamides is 1. The molecule has 0 aliphatic carbocycles. The number of halogens is 1. The number of anilines is 1. The molecule has 0 fully saturated rings. The molecule has 0 saturated heterocycles. The van der Waals surface area contributed by atoms with Crippen LogP contribution in [0.4, 0.5) is 5.69 Å². The van der Waals surface area contributed by atoms with Crippen LogP contribution in [0.5, 0.6) is 0 Å². The van der Waals surface area contributed by atoms with Crippen molar-refractivity contribution in [3.05, 3.63) is 82.8 Å². The number of nitrogens with zero attached hydrogens (tertiary/aromatic N) is 1. The third-order valence-corrected chi connectivity index (χ3v) is 8.02. The van der Waals surface area contributed by atoms with E-state index in [-0.39, 0.29) is 30.8 Å². The van der Waals surface area contributed by atoms with Gasteiger partial charge in [-0.3, -0.25) is 4.72 Å². The highest BCUT2D eigenvalue weighted by Gasteiger charge is 2.26. The molecule has 1 aromatic heterocycles. The lowest BCUT2D eigenvalue weighted by Gasteiger charge is -2.19. The Balaban J connectivity index is 2.03. The molecule has 0 saturated carbocycles. The fourth-order valence-corrected chi connectivity index (χ4v) is 5.65. The summed E-state index contributed by atoms with van der Waals surface area (Å²) in [4.78, 5) is -0.499. The van der Waals surface area contributed by atoms with Gasteiger partial charge in [-0.05, 0) is 41.3 Å². The minimum Gasteiger partial charge on any atom is -0.619 e. The maximum absolute atomic E-state index is 13.1. The zero-order chi connectivity index (χ0) is 23.0. The second-order valence-corrected chi connectivity index (χ2v) is 12.0. The second-order valence-electron chi connectivity index (χ2n) is 7.92. The van der Waals surface area contributed by atoms with Gasteiger partial charge in [0.15, 0.2) is 12.4 Å². The predicted octanol–water partition coefficient (Wildman–Crippen LogP) is 3.90. The quantitative estimate of drug-likeness (QED) is 0.440. The summed E-state index contributed by atoms with van der Waals surface area (Å²) < 4.78 is 54.8. The van der Waals surface area contributed by atoms with Gasteiger partial charge in [0.1, 0.15) is 0 Å². The first-order valence-electron chi connectivity index (χ1n) is 9.17. The summed E-state index contributed by atoms with van der Waals surface area (Å²) >= 11 is 5.99. The van der Waals surface area contributed by atoms with E-state index in [9.17, 15) is 22.0 Å². The number of rotatable bonds is 5. The van der Waals surface area contributed by atoms with Crippen LogP contribution in [0.3, 0.4) is 0 Å². The van der Waals surface area contributed by atoms with E-state index in [1.165, 1.54) is 24.3 Å². The molecule has 1 heterocycles. The largest absolute Gasteiger partial charge is 0.619 e. The Bertz CT molecular complexity index is 1310. The van der Waals surface area contributed by atoms with Crippen LogP contribution in [0, 0.1) is 5.21 Å². The summed E-state index contributed by atoms with van der Waals surface area (Å²) in [7, 11) is -8.22. The molecule has 2 aromatic carbocycles. The van der Waals surface area contributed by atoms with Crippen molar-refractivity contribution in [3.63, 3.8) is 0 Å². The number of sulfone groups is 1. The Hall–Kier alpha value is -2.62. The average Bonchev–Trinajstić information content (AvgIpc) is 2.69. The number of hydrogen-bond acceptors (Lipinski definition) is 5. The Labute approximate surface area is 186 Å². The highest BCUT2D eigenvalue weighted by Crippen LogP contribution is 2.32. The summed E-state index contributed by atoms with van der Waals surface area (Å²) in [5.41, 5.74) is 0.662. The van der Waals surface area contributed by atoms with Gasteiger partial charge in [-0.25, -0.2) is 16.8 Å². The Morgan fingerprint density at radius 2 is 1.45 bits per heavy atom. The molecule has 0 aliphatic heterocycles. The zero-order valence-electron chi connectivity index (χ0n) is 17.0. The molecule has 10 heteroatoms. The van der Waals surface area contributed by atoms with Crippen LogP contribution < -0.4 is 9.45 Å². The van der Waals surface area contributed by atoms with E-state index < -0.39 is 19.9 Å². The van der Waals surface area contributed by atoms with Crippen molar-refractivity contribution in [3.8, 4) is 0 Å². The van der Waals surface area contributed by atoms with E-state index in [2.05, 4.69) is 4.72 Å². The first-order valence-corrected chi connectivity index (χ1v) is 12.5. The summed E-state index contributed by atoms with van der Waals surface area (Å²) in [5.74, 6) is 0. The van der Waals surface area contributed by atoms with Crippen LogP contribution in [0.1, 0.15) is 26.3 Å². The number of aromatic nitrogens is 1. The maximum Gasteiger partial charge on any atom is 0.261 e. The van der Waals surface area contributed by atoms with Gasteiger partial charge in [-0.1, -0.05) is 44.5 Å². The van der Waals surface area contributed by atoms with Crippen LogP contribution in [-0.2, 0) is 25.3 Å². The van der Waals surface area contributed by atoms with E-state index >= 15 is 0 Å². The maximum atomic E-state index is 13.1. The predicted molar refractivity (Wildman–Crippen MR) is 118 cm³/mol. The fraction of sp³-hybridized carbons (Fsp3) is 0.190. The van der Waals surface area contributed by atoms with Gasteiger partial charge in [-0.2, -0.15) is 4.73 Å². The molecule has 0 radical (unpaired) electrons. The number of pyridine rings is 1. The molecule has 0 amide bonds. The van der Waals surface area contributed by atoms with E-state index in [0.29, 0.717) is 4.73 Å². The van der Waals surface area contributed by atoms with E-state index in [0.717, 1.165) is 36.2 Å². The van der Waals surface area contributed by atoms with Crippen LogP contribution in [0.15, 0.2) is 81.7 Å². The van der Waals surface area contributed by atoms with Crippen LogP contribution in [-0.4, -0.2) is 16.8 Å². The number of benzene rings is 2. The first kappa shape index (κ1) is 23.1. The summed E-state index contributed by atoms with van der Waals surface area (Å²) in [6, 6.07) is 12.5. The molecule has 0 spiro atoms. The molecular weight excluding hydrogens is 460 g/mol. The fourth-order valence-electron chi connectivity index (χ4n) is 2.85. The van der Waals surface area contributed by atoms with Crippen molar-refractivity contribution in [2.24, 2.45) is 0 Å². The SMILES string of the molecule is CC(C)(C)c1ccc(S(=O)(=O)Nc2ccc(Cl)cc2S(=O)(=O)c2cc[n+]([O-])cc2)cc1. The Morgan fingerprint density at radius 3 is 2.00 bits per heavy atom. The van der Waals surface area contributed by atoms with Crippen molar-refractivity contribution < 1.29 is 21.6 Å². The monoisotopic (exact) mass is 480 g/mol. The molecule has 3 rings (SSSR count). The normalized spacial score (nSPS) is 12.5. The minimum absolute atomic E-state index is 0.00842. The number of hydrogen-bond donors (Lipinski definition) is 1. The highest BCUT2D eigenvalue weighted by atomic mass is 35.5. The van der Waals surface area contributed by atoms with Gasteiger partial charge in [0.25, 0.3) is 10.0 Å². The third kappa shape index (κ3) is 5.00. The van der Waals surface area contributed by atoms with Gasteiger partial charge in [-0.15, -0.1) is 0 Å². The van der Waals surface area contributed by atoms with E-state index in [1.54, 1.807) is 12.1 Å². The molecule has 0 bridgehead atoms.